The van der Waals surface area contributed by atoms with Gasteiger partial charge in [-0.15, -0.1) is 0 Å². The van der Waals surface area contributed by atoms with E-state index in [0.29, 0.717) is 27.8 Å². The molecule has 0 atom stereocenters. The number of amides is 2. The van der Waals surface area contributed by atoms with Crippen LogP contribution in [-0.2, 0) is 16.2 Å². The Bertz CT molecular complexity index is 1560. The minimum atomic E-state index is -0.573. The Labute approximate surface area is 223 Å². The van der Waals surface area contributed by atoms with Gasteiger partial charge in [0.25, 0.3) is 11.8 Å². The molecule has 4 aromatic rings. The highest BCUT2D eigenvalue weighted by Gasteiger charge is 2.34. The molecule has 1 aromatic heterocycles. The molecular weight excluding hydrogens is 510 g/mol. The van der Waals surface area contributed by atoms with Gasteiger partial charge < -0.3 is 9.47 Å². The number of carbonyl (C=O) groups excluding carboxylic acids is 2. The number of para-hydroxylation sites is 1. The van der Waals surface area contributed by atoms with Crippen LogP contribution in [0, 0.1) is 0 Å². The fourth-order valence-corrected chi connectivity index (χ4v) is 4.41. The minimum absolute atomic E-state index is 0.00184. The predicted octanol–water partition coefficient (Wildman–Crippen LogP) is 5.31. The largest absolute Gasteiger partial charge is 0.496 e. The van der Waals surface area contributed by atoms with Gasteiger partial charge in [-0.3, -0.25) is 24.8 Å². The number of methoxy groups -OCH3 is 1. The molecule has 0 bridgehead atoms. The van der Waals surface area contributed by atoms with E-state index < -0.39 is 11.8 Å². The van der Waals surface area contributed by atoms with Crippen LogP contribution in [0.5, 0.6) is 11.5 Å². The Balaban J connectivity index is 1.44. The minimum Gasteiger partial charge on any atom is -0.496 e. The third kappa shape index (κ3) is 5.02. The number of carbonyl (C=O) groups is 2. The zero-order valence-corrected chi connectivity index (χ0v) is 21.2. The van der Waals surface area contributed by atoms with Crippen molar-refractivity contribution in [2.45, 2.75) is 6.61 Å². The van der Waals surface area contributed by atoms with E-state index in [1.807, 2.05) is 36.4 Å². The van der Waals surface area contributed by atoms with Crippen molar-refractivity contribution in [3.05, 3.63) is 101 Å². The van der Waals surface area contributed by atoms with Crippen molar-refractivity contribution in [3.8, 4) is 11.5 Å². The number of hydrogen-bond acceptors (Lipinski definition) is 6. The molecule has 1 saturated heterocycles. The maximum Gasteiger partial charge on any atom is 0.270 e. The topological polar surface area (TPSA) is 80.8 Å². The molecule has 7 nitrogen and oxygen atoms in total. The number of pyridine rings is 1. The van der Waals surface area contributed by atoms with Crippen LogP contribution in [0.3, 0.4) is 0 Å². The lowest BCUT2D eigenvalue weighted by Gasteiger charge is -2.29. The fourth-order valence-electron chi connectivity index (χ4n) is 4.00. The number of aromatic nitrogens is 1. The summed E-state index contributed by atoms with van der Waals surface area (Å²) in [6.07, 6.45) is 3.23. The molecule has 0 saturated carbocycles. The second-order valence-corrected chi connectivity index (χ2v) is 8.95. The van der Waals surface area contributed by atoms with E-state index in [1.54, 1.807) is 49.7 Å². The van der Waals surface area contributed by atoms with Gasteiger partial charge in [-0.05, 0) is 72.4 Å². The first-order valence-corrected chi connectivity index (χ1v) is 12.0. The Hall–Kier alpha value is -4.27. The average molecular weight is 530 g/mol. The quantitative estimate of drug-likeness (QED) is 0.207. The van der Waals surface area contributed by atoms with Crippen LogP contribution in [0.1, 0.15) is 11.1 Å². The first-order valence-electron chi connectivity index (χ1n) is 11.2. The number of anilines is 1. The van der Waals surface area contributed by atoms with E-state index in [4.69, 9.17) is 33.3 Å². The summed E-state index contributed by atoms with van der Waals surface area (Å²) in [5.41, 5.74) is 2.55. The van der Waals surface area contributed by atoms with Crippen LogP contribution in [0.4, 0.5) is 5.69 Å². The van der Waals surface area contributed by atoms with E-state index in [-0.39, 0.29) is 17.3 Å². The van der Waals surface area contributed by atoms with Crippen LogP contribution < -0.4 is 19.7 Å². The molecule has 1 N–H and O–H groups in total. The summed E-state index contributed by atoms with van der Waals surface area (Å²) >= 11 is 11.2. The van der Waals surface area contributed by atoms with Gasteiger partial charge in [-0.25, -0.2) is 0 Å². The van der Waals surface area contributed by atoms with E-state index in [0.717, 1.165) is 16.5 Å². The molecule has 0 unspecified atom stereocenters. The molecular formula is C28H20ClN3O4S. The van der Waals surface area contributed by atoms with Crippen molar-refractivity contribution in [3.63, 3.8) is 0 Å². The predicted molar refractivity (Wildman–Crippen MR) is 147 cm³/mol. The molecule has 0 spiro atoms. The summed E-state index contributed by atoms with van der Waals surface area (Å²) in [6, 6.07) is 21.5. The van der Waals surface area contributed by atoms with Gasteiger partial charge in [0.05, 0.1) is 12.8 Å². The number of rotatable bonds is 6. The Kier molecular flexibility index (Phi) is 6.85. The van der Waals surface area contributed by atoms with Gasteiger partial charge in [0.15, 0.2) is 5.11 Å². The monoisotopic (exact) mass is 529 g/mol. The van der Waals surface area contributed by atoms with Crippen LogP contribution in [0.15, 0.2) is 84.6 Å². The van der Waals surface area contributed by atoms with Crippen LogP contribution in [-0.4, -0.2) is 29.0 Å². The van der Waals surface area contributed by atoms with Crippen LogP contribution in [0.2, 0.25) is 5.02 Å². The molecule has 184 valence electrons. The maximum atomic E-state index is 13.3. The summed E-state index contributed by atoms with van der Waals surface area (Å²) in [6.45, 7) is 0.191. The lowest BCUT2D eigenvalue weighted by molar-refractivity contribution is -0.122. The SMILES string of the molecule is COc1ccc(/C=C2/C(=O)NC(=S)N(c3ccc(Cl)cc3)C2=O)cc1COc1cccc2cccnc12. The molecule has 2 heterocycles. The highest BCUT2D eigenvalue weighted by molar-refractivity contribution is 7.80. The van der Waals surface area contributed by atoms with E-state index in [2.05, 4.69) is 10.3 Å². The molecule has 3 aromatic carbocycles. The smallest absolute Gasteiger partial charge is 0.270 e. The summed E-state index contributed by atoms with van der Waals surface area (Å²) in [5, 5.41) is 4.07. The summed E-state index contributed by atoms with van der Waals surface area (Å²) in [4.78, 5) is 31.7. The number of benzene rings is 3. The Morgan fingerprint density at radius 1 is 1.03 bits per heavy atom. The average Bonchev–Trinajstić information content (AvgIpc) is 2.91. The Morgan fingerprint density at radius 2 is 1.81 bits per heavy atom. The van der Waals surface area contributed by atoms with E-state index in [9.17, 15) is 9.59 Å². The van der Waals surface area contributed by atoms with Gasteiger partial charge in [0.2, 0.25) is 0 Å². The first-order chi connectivity index (χ1) is 17.9. The zero-order valence-electron chi connectivity index (χ0n) is 19.6. The van der Waals surface area contributed by atoms with Crippen molar-refractivity contribution in [1.82, 2.24) is 10.3 Å². The van der Waals surface area contributed by atoms with Crippen molar-refractivity contribution in [1.29, 1.82) is 0 Å². The van der Waals surface area contributed by atoms with Crippen molar-refractivity contribution < 1.29 is 19.1 Å². The van der Waals surface area contributed by atoms with Gasteiger partial charge in [-0.1, -0.05) is 35.9 Å². The number of nitrogens with one attached hydrogen (secondary N) is 1. The molecule has 5 rings (SSSR count). The maximum absolute atomic E-state index is 13.3. The molecule has 0 radical (unpaired) electrons. The van der Waals surface area contributed by atoms with Crippen LogP contribution >= 0.6 is 23.8 Å². The third-order valence-electron chi connectivity index (χ3n) is 5.78. The number of nitrogens with zero attached hydrogens (tertiary/aromatic N) is 2. The summed E-state index contributed by atoms with van der Waals surface area (Å²) < 4.78 is 11.6. The molecule has 0 aliphatic carbocycles. The zero-order chi connectivity index (χ0) is 25.9. The summed E-state index contributed by atoms with van der Waals surface area (Å²) in [5.74, 6) is 0.138. The standard InChI is InChI=1S/C28H20ClN3O4S/c1-35-23-12-7-17(14-19(23)16-36-24-6-2-4-18-5-3-13-30-25(18)24)15-22-26(33)31-28(37)32(27(22)34)21-10-8-20(29)9-11-21/h2-15H,16H2,1H3,(H,31,33,37)/b22-15-. The van der Waals surface area contributed by atoms with Gasteiger partial charge in [0.1, 0.15) is 29.2 Å². The lowest BCUT2D eigenvalue weighted by Crippen LogP contribution is -2.54. The number of thiocarbonyl (C=S) groups is 1. The van der Waals surface area contributed by atoms with Crippen molar-refractivity contribution >= 4 is 63.4 Å². The fraction of sp³-hybridized carbons (Fsp3) is 0.0714. The summed E-state index contributed by atoms with van der Waals surface area (Å²) in [7, 11) is 1.57. The second-order valence-electron chi connectivity index (χ2n) is 8.13. The van der Waals surface area contributed by atoms with Crippen molar-refractivity contribution in [2.24, 2.45) is 0 Å². The lowest BCUT2D eigenvalue weighted by atomic mass is 10.0. The highest BCUT2D eigenvalue weighted by atomic mass is 35.5. The van der Waals surface area contributed by atoms with Crippen LogP contribution in [0.25, 0.3) is 17.0 Å². The van der Waals surface area contributed by atoms with E-state index in [1.165, 1.54) is 11.0 Å². The Morgan fingerprint density at radius 3 is 2.59 bits per heavy atom. The number of hydrogen-bond donors (Lipinski definition) is 1. The van der Waals surface area contributed by atoms with Crippen molar-refractivity contribution in [2.75, 3.05) is 12.0 Å². The van der Waals surface area contributed by atoms with Gasteiger partial charge >= 0.3 is 0 Å². The normalized spacial score (nSPS) is 14.7. The third-order valence-corrected chi connectivity index (χ3v) is 6.32. The second kappa shape index (κ2) is 10.4. The first kappa shape index (κ1) is 24.4. The number of ether oxygens (including phenoxy) is 2. The van der Waals surface area contributed by atoms with Gasteiger partial charge in [-0.2, -0.15) is 0 Å². The van der Waals surface area contributed by atoms with Gasteiger partial charge in [0, 0.05) is 22.2 Å². The van der Waals surface area contributed by atoms with E-state index >= 15 is 0 Å². The number of fused-ring (bicyclic) bond motifs is 1. The molecule has 2 amide bonds. The number of halogens is 1. The molecule has 1 fully saturated rings. The molecule has 1 aliphatic rings. The highest BCUT2D eigenvalue weighted by Crippen LogP contribution is 2.28. The molecule has 9 heteroatoms. The molecule has 1 aliphatic heterocycles. The molecule has 37 heavy (non-hydrogen) atoms.